The molecule has 6 nitrogen and oxygen atoms in total. The van der Waals surface area contributed by atoms with Crippen molar-refractivity contribution >= 4 is 58.0 Å². The molecule has 106 valence electrons. The number of hydrogen-bond acceptors (Lipinski definition) is 4. The quantitative estimate of drug-likeness (QED) is 0.421. The summed E-state index contributed by atoms with van der Waals surface area (Å²) in [5, 5.41) is -13.6. The van der Waals surface area contributed by atoms with Crippen molar-refractivity contribution in [2.75, 3.05) is 0 Å². The van der Waals surface area contributed by atoms with Gasteiger partial charge in [-0.1, -0.05) is 0 Å². The van der Waals surface area contributed by atoms with Crippen LogP contribution in [0, 0.1) is 0 Å². The molecule has 0 saturated carbocycles. The van der Waals surface area contributed by atoms with Gasteiger partial charge in [0, 0.05) is 37.7 Å². The number of alkyl halides is 6. The molecule has 0 aliphatic heterocycles. The first-order valence-corrected chi connectivity index (χ1v) is 5.95. The van der Waals surface area contributed by atoms with E-state index in [2.05, 4.69) is 0 Å². The second kappa shape index (κ2) is 6.15. The molecule has 0 aliphatic rings. The summed E-state index contributed by atoms with van der Waals surface area (Å²) in [7, 11) is -14.1. The Hall–Kier alpha value is 0.595. The molecule has 0 saturated heterocycles. The summed E-state index contributed by atoms with van der Waals surface area (Å²) in [5.41, 5.74) is 0. The summed E-state index contributed by atoms with van der Waals surface area (Å²) >= 11 is 0. The van der Waals surface area contributed by atoms with Crippen molar-refractivity contribution in [3.63, 3.8) is 0 Å². The monoisotopic (exact) mass is 326 g/mol. The summed E-state index contributed by atoms with van der Waals surface area (Å²) in [5.74, 6) is -7.08. The number of hydrogen-bond donors (Lipinski definition) is 2. The van der Waals surface area contributed by atoms with Gasteiger partial charge in [0.15, 0.2) is 0 Å². The van der Waals surface area contributed by atoms with Crippen LogP contribution in [-0.4, -0.2) is 80.1 Å². The van der Waals surface area contributed by atoms with E-state index in [-0.39, 0.29) is 37.7 Å². The van der Waals surface area contributed by atoms with Crippen LogP contribution in [0.25, 0.3) is 0 Å². The van der Waals surface area contributed by atoms with Gasteiger partial charge >= 0.3 is 36.7 Å². The minimum atomic E-state index is -7.08. The van der Waals surface area contributed by atoms with E-state index in [1.54, 1.807) is 0 Å². The van der Waals surface area contributed by atoms with E-state index >= 15 is 0 Å². The van der Waals surface area contributed by atoms with Gasteiger partial charge in [-0.3, -0.25) is 9.11 Å². The maximum absolute atomic E-state index is 12.4. The molecule has 0 atom stereocenters. The predicted octanol–water partition coefficient (Wildman–Crippen LogP) is -0.179. The largest absolute Gasteiger partial charge is 0.439 e. The van der Waals surface area contributed by atoms with E-state index in [1.807, 2.05) is 0 Å². The molecule has 0 amide bonds. The van der Waals surface area contributed by atoms with Crippen LogP contribution in [0.4, 0.5) is 26.3 Å². The van der Waals surface area contributed by atoms with Crippen LogP contribution < -0.4 is 0 Å². The smallest absolute Gasteiger partial charge is 0.281 e. The zero-order valence-corrected chi connectivity index (χ0v) is 10.7. The summed E-state index contributed by atoms with van der Waals surface area (Å²) in [6, 6.07) is 0. The predicted molar refractivity (Wildman–Crippen MR) is 49.4 cm³/mol. The second-order valence-corrected chi connectivity index (χ2v) is 5.48. The molecule has 0 aromatic carbocycles. The summed E-state index contributed by atoms with van der Waals surface area (Å²) < 4.78 is 128. The van der Waals surface area contributed by atoms with E-state index in [1.165, 1.54) is 0 Å². The van der Waals surface area contributed by atoms with Gasteiger partial charge in [-0.2, -0.15) is 43.2 Å². The molecule has 0 aliphatic carbocycles. The minimum absolute atomic E-state index is 0. The molecule has 0 aromatic heterocycles. The van der Waals surface area contributed by atoms with Gasteiger partial charge in [-0.05, 0) is 0 Å². The Morgan fingerprint density at radius 2 is 0.789 bits per heavy atom. The van der Waals surface area contributed by atoms with Crippen molar-refractivity contribution in [1.82, 2.24) is 0 Å². The first-order valence-electron chi connectivity index (χ1n) is 3.07. The molecule has 0 bridgehead atoms. The van der Waals surface area contributed by atoms with Crippen molar-refractivity contribution in [3.05, 3.63) is 0 Å². The molecule has 2 N–H and O–H groups in total. The molecule has 0 rings (SSSR count). The van der Waals surface area contributed by atoms with Gasteiger partial charge in [-0.25, -0.2) is 0 Å². The fourth-order valence-corrected chi connectivity index (χ4v) is 1.46. The van der Waals surface area contributed by atoms with E-state index in [0.29, 0.717) is 0 Å². The zero-order chi connectivity index (χ0) is 14.5. The Labute approximate surface area is 126 Å². The zero-order valence-electron chi connectivity index (χ0n) is 9.11. The van der Waals surface area contributed by atoms with Crippen LogP contribution in [0.15, 0.2) is 0 Å². The van der Waals surface area contributed by atoms with Gasteiger partial charge in [0.05, 0.1) is 0 Å². The Balaban J connectivity index is -0.00000128. The van der Waals surface area contributed by atoms with Gasteiger partial charge in [-0.15, -0.1) is 0 Å². The summed E-state index contributed by atoms with van der Waals surface area (Å²) in [6.45, 7) is 0. The average Bonchev–Trinajstić information content (AvgIpc) is 1.98. The van der Waals surface area contributed by atoms with Crippen molar-refractivity contribution < 1.29 is 52.3 Å². The van der Waals surface area contributed by atoms with Crippen LogP contribution in [0.1, 0.15) is 0 Å². The first-order chi connectivity index (χ1) is 7.00. The van der Waals surface area contributed by atoms with Crippen molar-refractivity contribution in [1.29, 1.82) is 0 Å². The van der Waals surface area contributed by atoms with Crippen LogP contribution in [-0.2, 0) is 20.2 Å². The fourth-order valence-electron chi connectivity index (χ4n) is 0.493. The molecule has 0 unspecified atom stereocenters. The molecular formula is C3H2F6Li2O6S2. The maximum atomic E-state index is 12.4. The molecule has 0 spiro atoms. The third kappa shape index (κ3) is 3.82. The van der Waals surface area contributed by atoms with Crippen molar-refractivity contribution in [2.45, 2.75) is 16.4 Å². The normalized spacial score (nSPS) is 14.3. The van der Waals surface area contributed by atoms with Crippen LogP contribution >= 0.6 is 0 Å². The van der Waals surface area contributed by atoms with E-state index in [9.17, 15) is 43.2 Å². The fraction of sp³-hybridized carbons (Fsp3) is 1.00. The molecule has 19 heavy (non-hydrogen) atoms. The van der Waals surface area contributed by atoms with Crippen molar-refractivity contribution in [2.24, 2.45) is 0 Å². The van der Waals surface area contributed by atoms with Gasteiger partial charge in [0.25, 0.3) is 0 Å². The Morgan fingerprint density at radius 3 is 0.895 bits per heavy atom. The number of rotatable bonds is 4. The Bertz CT molecular complexity index is 467. The van der Waals surface area contributed by atoms with Crippen LogP contribution in [0.2, 0.25) is 0 Å². The Morgan fingerprint density at radius 1 is 0.632 bits per heavy atom. The average molecular weight is 326 g/mol. The van der Waals surface area contributed by atoms with Crippen molar-refractivity contribution in [3.8, 4) is 0 Å². The van der Waals surface area contributed by atoms with Crippen LogP contribution in [0.5, 0.6) is 0 Å². The van der Waals surface area contributed by atoms with Gasteiger partial charge in [0.1, 0.15) is 0 Å². The van der Waals surface area contributed by atoms with E-state index in [4.69, 9.17) is 9.11 Å². The number of halogens is 6. The van der Waals surface area contributed by atoms with E-state index in [0.717, 1.165) is 0 Å². The maximum Gasteiger partial charge on any atom is 0.439 e. The molecule has 0 aromatic rings. The van der Waals surface area contributed by atoms with Crippen LogP contribution in [0.3, 0.4) is 0 Å². The van der Waals surface area contributed by atoms with Gasteiger partial charge < -0.3 is 0 Å². The topological polar surface area (TPSA) is 109 Å². The molecular weight excluding hydrogens is 324 g/mol. The summed E-state index contributed by atoms with van der Waals surface area (Å²) in [4.78, 5) is 0. The standard InChI is InChI=1S/C3H2F6O6S2.2Li/c4-1(5,2(6,7)16(10,11)12)3(8,9)17(13,14)15;;/h(H,10,11,12)(H,13,14,15);;. The third-order valence-electron chi connectivity index (χ3n) is 1.38. The molecule has 2 radical (unpaired) electrons. The molecule has 0 heterocycles. The van der Waals surface area contributed by atoms with E-state index < -0.39 is 36.7 Å². The summed E-state index contributed by atoms with van der Waals surface area (Å²) in [6.07, 6.45) is 0. The van der Waals surface area contributed by atoms with Gasteiger partial charge in [0.2, 0.25) is 0 Å². The SMILES string of the molecule is O=S(=O)(O)C(F)(F)C(F)(F)C(F)(F)S(=O)(=O)O.[Li].[Li]. The molecule has 0 fully saturated rings. The Kier molecular flexibility index (Phi) is 7.96. The second-order valence-electron chi connectivity index (χ2n) is 2.56. The molecule has 16 heteroatoms. The third-order valence-corrected chi connectivity index (χ3v) is 3.19. The first kappa shape index (κ1) is 24.6. The minimum Gasteiger partial charge on any atom is -0.281 e.